The van der Waals surface area contributed by atoms with Gasteiger partial charge in [0.15, 0.2) is 12.2 Å². The van der Waals surface area contributed by atoms with Gasteiger partial charge in [-0.3, -0.25) is 37.3 Å². The Hall–Kier alpha value is -2.20. The summed E-state index contributed by atoms with van der Waals surface area (Å²) in [6, 6.07) is 0. The average Bonchev–Trinajstić information content (AvgIpc) is 0.944. The Balaban J connectivity index is 5.28. The maximum absolute atomic E-state index is 13.1. The van der Waals surface area contributed by atoms with E-state index in [0.29, 0.717) is 25.7 Å². The van der Waals surface area contributed by atoms with Crippen molar-refractivity contribution in [3.8, 4) is 0 Å². The van der Waals surface area contributed by atoms with Crippen LogP contribution < -0.4 is 0 Å². The van der Waals surface area contributed by atoms with E-state index in [9.17, 15) is 43.2 Å². The highest BCUT2D eigenvalue weighted by Crippen LogP contribution is 2.45. The molecule has 0 saturated heterocycles. The Labute approximate surface area is 612 Å². The van der Waals surface area contributed by atoms with Crippen molar-refractivity contribution in [2.45, 2.75) is 444 Å². The van der Waals surface area contributed by atoms with Gasteiger partial charge in [-0.05, 0) is 51.4 Å². The van der Waals surface area contributed by atoms with Crippen LogP contribution in [0.1, 0.15) is 426 Å². The van der Waals surface area contributed by atoms with Crippen LogP contribution >= 0.6 is 15.6 Å². The highest BCUT2D eigenvalue weighted by atomic mass is 31.2. The molecule has 100 heavy (non-hydrogen) atoms. The van der Waals surface area contributed by atoms with Crippen molar-refractivity contribution in [2.75, 3.05) is 39.6 Å². The molecule has 5 atom stereocenters. The van der Waals surface area contributed by atoms with Crippen LogP contribution in [-0.4, -0.2) is 96.7 Å². The van der Waals surface area contributed by atoms with E-state index < -0.39 is 97.5 Å². The summed E-state index contributed by atoms with van der Waals surface area (Å²) in [5.41, 5.74) is 0. The van der Waals surface area contributed by atoms with E-state index in [-0.39, 0.29) is 25.7 Å². The molecule has 0 fully saturated rings. The zero-order valence-electron chi connectivity index (χ0n) is 64.9. The number of unbranched alkanes of at least 4 members (excludes halogenated alkanes) is 53. The number of aliphatic hydroxyl groups excluding tert-OH is 1. The molecule has 0 bridgehead atoms. The van der Waals surface area contributed by atoms with Crippen LogP contribution in [0.2, 0.25) is 0 Å². The van der Waals surface area contributed by atoms with Crippen molar-refractivity contribution in [1.29, 1.82) is 0 Å². The molecule has 0 aliphatic heterocycles. The molecule has 2 unspecified atom stereocenters. The lowest BCUT2D eigenvalue weighted by atomic mass is 10.0. The van der Waals surface area contributed by atoms with Crippen molar-refractivity contribution in [1.82, 2.24) is 0 Å². The molecule has 592 valence electrons. The topological polar surface area (TPSA) is 237 Å². The molecular formula is C81H156O17P2. The maximum atomic E-state index is 13.1. The largest absolute Gasteiger partial charge is 0.472 e. The molecule has 0 radical (unpaired) electrons. The van der Waals surface area contributed by atoms with Gasteiger partial charge < -0.3 is 33.8 Å². The van der Waals surface area contributed by atoms with E-state index >= 15 is 0 Å². The van der Waals surface area contributed by atoms with Crippen LogP contribution in [0.4, 0.5) is 0 Å². The number of hydrogen-bond donors (Lipinski definition) is 3. The van der Waals surface area contributed by atoms with Gasteiger partial charge in [0.1, 0.15) is 19.3 Å². The number of ether oxygens (including phenoxy) is 4. The maximum Gasteiger partial charge on any atom is 0.472 e. The standard InChI is InChI=1S/C81H156O17P2/c1-5-9-13-17-21-25-29-33-36-37-40-44-48-52-56-60-64-68-81(86)98-77(72-92-79(84)66-62-58-54-50-46-43-39-35-31-27-23-19-15-11-7-3)74-96-100(89,90)94-70-75(82)69-93-99(87,88)95-73-76(97-80(85)67-63-59-55-51-47-41-32-28-24-20-16-12-8-4)71-91-78(83)65-61-57-53-49-45-42-38-34-30-26-22-18-14-10-6-2/h35,39,75-77,82H,5-34,36-38,40-74H2,1-4H3,(H,87,88)(H,89,90)/b39-35-/t75-,76+,77+/m0/s1. The predicted molar refractivity (Wildman–Crippen MR) is 409 cm³/mol. The number of phosphoric acid groups is 2. The minimum Gasteiger partial charge on any atom is -0.462 e. The van der Waals surface area contributed by atoms with Crippen molar-refractivity contribution in [2.24, 2.45) is 0 Å². The first-order valence-corrected chi connectivity index (χ1v) is 44.9. The Bertz CT molecular complexity index is 1940. The van der Waals surface area contributed by atoms with E-state index in [1.54, 1.807) is 0 Å². The fourth-order valence-electron chi connectivity index (χ4n) is 12.3. The van der Waals surface area contributed by atoms with Crippen LogP contribution in [0.25, 0.3) is 0 Å². The monoisotopic (exact) mass is 1460 g/mol. The molecule has 0 aliphatic carbocycles. The lowest BCUT2D eigenvalue weighted by Crippen LogP contribution is -2.30. The molecule has 0 saturated carbocycles. The number of carbonyl (C=O) groups excluding carboxylic acids is 4. The SMILES string of the molecule is CCCCCCCC/C=C\CCCCCCCC(=O)OC[C@H](COP(=O)(O)OC[C@@H](O)COP(=O)(O)OC[C@@H](COC(=O)CCCCCCCCCCCCCCCCC)OC(=O)CCCCCCCCCCCCCCC)OC(=O)CCCCCCCCCCCCCCCCCCC. The van der Waals surface area contributed by atoms with Gasteiger partial charge in [0.25, 0.3) is 0 Å². The first-order valence-electron chi connectivity index (χ1n) is 41.9. The van der Waals surface area contributed by atoms with Crippen molar-refractivity contribution in [3.05, 3.63) is 12.2 Å². The number of phosphoric ester groups is 2. The normalized spacial score (nSPS) is 13.9. The summed E-state index contributed by atoms with van der Waals surface area (Å²) in [5.74, 6) is -2.12. The zero-order valence-corrected chi connectivity index (χ0v) is 66.7. The minimum absolute atomic E-state index is 0.105. The molecule has 0 heterocycles. The van der Waals surface area contributed by atoms with Crippen molar-refractivity contribution < 1.29 is 80.2 Å². The highest BCUT2D eigenvalue weighted by Gasteiger charge is 2.30. The van der Waals surface area contributed by atoms with Crippen molar-refractivity contribution >= 4 is 39.5 Å². The molecule has 0 aromatic heterocycles. The van der Waals surface area contributed by atoms with Gasteiger partial charge in [-0.1, -0.05) is 361 Å². The van der Waals surface area contributed by atoms with E-state index in [4.69, 9.17) is 37.0 Å². The molecular weight excluding hydrogens is 1310 g/mol. The summed E-state index contributed by atoms with van der Waals surface area (Å²) in [5, 5.41) is 10.6. The highest BCUT2D eigenvalue weighted by molar-refractivity contribution is 7.47. The summed E-state index contributed by atoms with van der Waals surface area (Å²) in [6.07, 6.45) is 68.9. The number of aliphatic hydroxyl groups is 1. The van der Waals surface area contributed by atoms with Crippen molar-refractivity contribution in [3.63, 3.8) is 0 Å². The number of hydrogen-bond acceptors (Lipinski definition) is 15. The third-order valence-electron chi connectivity index (χ3n) is 18.8. The molecule has 0 aliphatic rings. The van der Waals surface area contributed by atoms with Gasteiger partial charge in [-0.25, -0.2) is 9.13 Å². The average molecular weight is 1460 g/mol. The molecule has 0 spiro atoms. The summed E-state index contributed by atoms with van der Waals surface area (Å²) in [7, 11) is -9.92. The minimum atomic E-state index is -4.96. The molecule has 3 N–H and O–H groups in total. The summed E-state index contributed by atoms with van der Waals surface area (Å²) >= 11 is 0. The first kappa shape index (κ1) is 97.8. The second-order valence-electron chi connectivity index (χ2n) is 28.8. The Morgan fingerprint density at radius 2 is 0.460 bits per heavy atom. The lowest BCUT2D eigenvalue weighted by Gasteiger charge is -2.21. The zero-order chi connectivity index (χ0) is 73.2. The van der Waals surface area contributed by atoms with E-state index in [2.05, 4.69) is 39.8 Å². The van der Waals surface area contributed by atoms with Crippen LogP contribution in [0, 0.1) is 0 Å². The smallest absolute Gasteiger partial charge is 0.462 e. The lowest BCUT2D eigenvalue weighted by molar-refractivity contribution is -0.161. The van der Waals surface area contributed by atoms with Gasteiger partial charge in [-0.15, -0.1) is 0 Å². The van der Waals surface area contributed by atoms with Gasteiger partial charge in [0, 0.05) is 25.7 Å². The quantitative estimate of drug-likeness (QED) is 0.0169. The second kappa shape index (κ2) is 75.0. The number of rotatable bonds is 81. The van der Waals surface area contributed by atoms with Crippen LogP contribution in [0.3, 0.4) is 0 Å². The van der Waals surface area contributed by atoms with Gasteiger partial charge in [0.05, 0.1) is 26.4 Å². The molecule has 17 nitrogen and oxygen atoms in total. The van der Waals surface area contributed by atoms with Crippen LogP contribution in [0.5, 0.6) is 0 Å². The Morgan fingerprint density at radius 1 is 0.270 bits per heavy atom. The summed E-state index contributed by atoms with van der Waals surface area (Å²) in [4.78, 5) is 73.1. The third-order valence-corrected chi connectivity index (χ3v) is 20.7. The van der Waals surface area contributed by atoms with Crippen LogP contribution in [0.15, 0.2) is 12.2 Å². The summed E-state index contributed by atoms with van der Waals surface area (Å²) in [6.45, 7) is 5.01. The fraction of sp³-hybridized carbons (Fsp3) is 0.926. The van der Waals surface area contributed by atoms with Gasteiger partial charge in [-0.2, -0.15) is 0 Å². The summed E-state index contributed by atoms with van der Waals surface area (Å²) < 4.78 is 68.7. The molecule has 0 aromatic rings. The Kier molecular flexibility index (Phi) is 73.4. The molecule has 0 aromatic carbocycles. The van der Waals surface area contributed by atoms with Gasteiger partial charge >= 0.3 is 39.5 Å². The first-order chi connectivity index (χ1) is 48.7. The van der Waals surface area contributed by atoms with E-state index in [0.717, 1.165) is 109 Å². The van der Waals surface area contributed by atoms with Crippen LogP contribution in [-0.2, 0) is 65.4 Å². The molecule has 0 rings (SSSR count). The third kappa shape index (κ3) is 74.1. The Morgan fingerprint density at radius 3 is 0.690 bits per heavy atom. The van der Waals surface area contributed by atoms with E-state index in [1.165, 1.54) is 238 Å². The second-order valence-corrected chi connectivity index (χ2v) is 31.7. The number of carbonyl (C=O) groups is 4. The fourth-order valence-corrected chi connectivity index (χ4v) is 13.9. The molecule has 0 amide bonds. The number of allylic oxidation sites excluding steroid dienone is 2. The van der Waals surface area contributed by atoms with Gasteiger partial charge in [0.2, 0.25) is 0 Å². The predicted octanol–water partition coefficient (Wildman–Crippen LogP) is 24.3. The van der Waals surface area contributed by atoms with E-state index in [1.807, 2.05) is 0 Å². The number of esters is 4. The molecule has 19 heteroatoms.